The van der Waals surface area contributed by atoms with Crippen LogP contribution in [0.25, 0.3) is 0 Å². The van der Waals surface area contributed by atoms with E-state index in [9.17, 15) is 4.21 Å². The second-order valence-electron chi connectivity index (χ2n) is 4.76. The molecule has 102 valence electrons. The first-order chi connectivity index (χ1) is 8.67. The summed E-state index contributed by atoms with van der Waals surface area (Å²) >= 11 is 0. The molecule has 1 aromatic carbocycles. The summed E-state index contributed by atoms with van der Waals surface area (Å²) in [4.78, 5) is 0.944. The van der Waals surface area contributed by atoms with E-state index in [1.54, 1.807) is 0 Å². The van der Waals surface area contributed by atoms with E-state index < -0.39 is 10.8 Å². The molecule has 18 heavy (non-hydrogen) atoms. The van der Waals surface area contributed by atoms with Gasteiger partial charge in [-0.25, -0.2) is 0 Å². The minimum Gasteiger partial charge on any atom is -0.313 e. The van der Waals surface area contributed by atoms with Crippen LogP contribution in [0.15, 0.2) is 29.2 Å². The van der Waals surface area contributed by atoms with Gasteiger partial charge in [0.1, 0.15) is 0 Å². The Balaban J connectivity index is 2.56. The highest BCUT2D eigenvalue weighted by Crippen LogP contribution is 2.11. The van der Waals surface area contributed by atoms with Gasteiger partial charge in [0.2, 0.25) is 0 Å². The molecule has 0 aromatic heterocycles. The summed E-state index contributed by atoms with van der Waals surface area (Å²) in [5.74, 6) is 0.719. The lowest BCUT2D eigenvalue weighted by molar-refractivity contribution is 0.510. The number of rotatable bonds is 8. The van der Waals surface area contributed by atoms with E-state index in [4.69, 9.17) is 0 Å². The monoisotopic (exact) mass is 267 g/mol. The lowest BCUT2D eigenvalue weighted by atomic mass is 10.2. The average molecular weight is 267 g/mol. The largest absolute Gasteiger partial charge is 0.313 e. The molecule has 2 nitrogen and oxygen atoms in total. The van der Waals surface area contributed by atoms with Gasteiger partial charge in [-0.05, 0) is 38.4 Å². The van der Waals surface area contributed by atoms with Gasteiger partial charge in [0, 0.05) is 16.7 Å². The van der Waals surface area contributed by atoms with Crippen LogP contribution >= 0.6 is 0 Å². The van der Waals surface area contributed by atoms with Gasteiger partial charge < -0.3 is 5.32 Å². The maximum atomic E-state index is 12.3. The van der Waals surface area contributed by atoms with Crippen LogP contribution in [0.1, 0.15) is 38.7 Å². The summed E-state index contributed by atoms with van der Waals surface area (Å²) in [6, 6.07) is 8.39. The molecule has 0 saturated heterocycles. The van der Waals surface area contributed by atoms with E-state index in [-0.39, 0.29) is 0 Å². The van der Waals surface area contributed by atoms with Crippen LogP contribution in [0.3, 0.4) is 0 Å². The predicted molar refractivity (Wildman–Crippen MR) is 79.4 cm³/mol. The first-order valence-electron chi connectivity index (χ1n) is 6.85. The summed E-state index contributed by atoms with van der Waals surface area (Å²) in [7, 11) is -0.889. The second kappa shape index (κ2) is 8.44. The SMILES string of the molecule is CCCNC(CCC)CS(=O)c1ccc(C)cc1. The molecule has 0 aliphatic rings. The minimum atomic E-state index is -0.889. The summed E-state index contributed by atoms with van der Waals surface area (Å²) in [5, 5.41) is 3.49. The summed E-state index contributed by atoms with van der Waals surface area (Å²) in [6.07, 6.45) is 3.35. The van der Waals surface area contributed by atoms with Crippen molar-refractivity contribution in [1.82, 2.24) is 5.32 Å². The quantitative estimate of drug-likeness (QED) is 0.783. The van der Waals surface area contributed by atoms with Crippen molar-refractivity contribution in [2.75, 3.05) is 12.3 Å². The fraction of sp³-hybridized carbons (Fsp3) is 0.600. The standard InChI is InChI=1S/C15H25NOS/c1-4-6-14(16-11-5-2)12-18(17)15-9-7-13(3)8-10-15/h7-10,14,16H,4-6,11-12H2,1-3H3. The highest BCUT2D eigenvalue weighted by molar-refractivity contribution is 7.85. The number of benzene rings is 1. The highest BCUT2D eigenvalue weighted by atomic mass is 32.2. The van der Waals surface area contributed by atoms with Crippen LogP contribution in [0.2, 0.25) is 0 Å². The smallest absolute Gasteiger partial charge is 0.0545 e. The third-order valence-corrected chi connectivity index (χ3v) is 4.46. The summed E-state index contributed by atoms with van der Waals surface area (Å²) < 4.78 is 12.3. The molecule has 3 heteroatoms. The molecule has 0 amide bonds. The Bertz CT molecular complexity index is 361. The molecule has 1 aromatic rings. The number of hydrogen-bond acceptors (Lipinski definition) is 2. The Morgan fingerprint density at radius 3 is 2.39 bits per heavy atom. The predicted octanol–water partition coefficient (Wildman–Crippen LogP) is 3.27. The molecule has 0 bridgehead atoms. The van der Waals surface area contributed by atoms with Crippen LogP contribution < -0.4 is 5.32 Å². The maximum absolute atomic E-state index is 12.3. The van der Waals surface area contributed by atoms with Crippen molar-refractivity contribution < 1.29 is 4.21 Å². The van der Waals surface area contributed by atoms with E-state index in [0.29, 0.717) is 6.04 Å². The lowest BCUT2D eigenvalue weighted by Gasteiger charge is -2.17. The van der Waals surface area contributed by atoms with Crippen LogP contribution in [-0.4, -0.2) is 22.5 Å². The van der Waals surface area contributed by atoms with Crippen LogP contribution in [0, 0.1) is 6.92 Å². The van der Waals surface area contributed by atoms with Crippen molar-refractivity contribution in [3.63, 3.8) is 0 Å². The summed E-state index contributed by atoms with van der Waals surface area (Å²) in [6.45, 7) is 7.40. The van der Waals surface area contributed by atoms with Crippen LogP contribution in [-0.2, 0) is 10.8 Å². The van der Waals surface area contributed by atoms with Gasteiger partial charge in [-0.1, -0.05) is 38.0 Å². The fourth-order valence-electron chi connectivity index (χ4n) is 1.91. The minimum absolute atomic E-state index is 0.372. The van der Waals surface area contributed by atoms with Crippen molar-refractivity contribution in [3.8, 4) is 0 Å². The molecule has 0 aliphatic heterocycles. The van der Waals surface area contributed by atoms with Gasteiger partial charge in [-0.2, -0.15) is 0 Å². The molecule has 0 heterocycles. The summed E-state index contributed by atoms with van der Waals surface area (Å²) in [5.41, 5.74) is 1.21. The molecule has 0 saturated carbocycles. The van der Waals surface area contributed by atoms with E-state index in [0.717, 1.165) is 36.5 Å². The third kappa shape index (κ3) is 5.32. The Morgan fingerprint density at radius 1 is 1.17 bits per heavy atom. The van der Waals surface area contributed by atoms with E-state index >= 15 is 0 Å². The number of nitrogens with one attached hydrogen (secondary N) is 1. The van der Waals surface area contributed by atoms with Gasteiger partial charge in [0.15, 0.2) is 0 Å². The highest BCUT2D eigenvalue weighted by Gasteiger charge is 2.12. The molecular formula is C15H25NOS. The van der Waals surface area contributed by atoms with Gasteiger partial charge >= 0.3 is 0 Å². The second-order valence-corrected chi connectivity index (χ2v) is 6.26. The van der Waals surface area contributed by atoms with Crippen molar-refractivity contribution >= 4 is 10.8 Å². The van der Waals surface area contributed by atoms with Gasteiger partial charge in [0.25, 0.3) is 0 Å². The first-order valence-corrected chi connectivity index (χ1v) is 8.17. The average Bonchev–Trinajstić information content (AvgIpc) is 2.37. The first kappa shape index (κ1) is 15.4. The molecule has 1 rings (SSSR count). The molecule has 2 unspecified atom stereocenters. The van der Waals surface area contributed by atoms with E-state index in [2.05, 4.69) is 26.1 Å². The number of aryl methyl sites for hydroxylation is 1. The molecule has 0 spiro atoms. The zero-order valence-electron chi connectivity index (χ0n) is 11.7. The molecule has 0 fully saturated rings. The maximum Gasteiger partial charge on any atom is 0.0545 e. The Labute approximate surface area is 114 Å². The van der Waals surface area contributed by atoms with Crippen molar-refractivity contribution in [2.45, 2.75) is 51.0 Å². The topological polar surface area (TPSA) is 29.1 Å². The molecule has 1 N–H and O–H groups in total. The van der Waals surface area contributed by atoms with Gasteiger partial charge in [-0.3, -0.25) is 4.21 Å². The molecule has 0 aliphatic carbocycles. The Kier molecular flexibility index (Phi) is 7.21. The van der Waals surface area contributed by atoms with Crippen molar-refractivity contribution in [3.05, 3.63) is 29.8 Å². The van der Waals surface area contributed by atoms with E-state index in [1.165, 1.54) is 5.56 Å². The van der Waals surface area contributed by atoms with Crippen molar-refractivity contribution in [2.24, 2.45) is 0 Å². The normalized spacial score (nSPS) is 14.4. The zero-order chi connectivity index (χ0) is 13.4. The van der Waals surface area contributed by atoms with Gasteiger partial charge in [0.05, 0.1) is 10.8 Å². The van der Waals surface area contributed by atoms with E-state index in [1.807, 2.05) is 24.3 Å². The third-order valence-electron chi connectivity index (χ3n) is 2.96. The van der Waals surface area contributed by atoms with Crippen LogP contribution in [0.4, 0.5) is 0 Å². The van der Waals surface area contributed by atoms with Crippen molar-refractivity contribution in [1.29, 1.82) is 0 Å². The van der Waals surface area contributed by atoms with Gasteiger partial charge in [-0.15, -0.1) is 0 Å². The molecule has 2 atom stereocenters. The lowest BCUT2D eigenvalue weighted by Crippen LogP contribution is -2.34. The zero-order valence-corrected chi connectivity index (χ0v) is 12.6. The molecular weight excluding hydrogens is 242 g/mol. The Morgan fingerprint density at radius 2 is 1.83 bits per heavy atom. The fourth-order valence-corrected chi connectivity index (χ4v) is 3.19. The molecule has 0 radical (unpaired) electrons. The number of hydrogen-bond donors (Lipinski definition) is 1. The Hall–Kier alpha value is -0.670. The van der Waals surface area contributed by atoms with Crippen LogP contribution in [0.5, 0.6) is 0 Å².